The van der Waals surface area contributed by atoms with E-state index in [0.717, 1.165) is 25.9 Å². The van der Waals surface area contributed by atoms with Crippen LogP contribution in [-0.4, -0.2) is 62.1 Å². The molecule has 2 unspecified atom stereocenters. The fourth-order valence-electron chi connectivity index (χ4n) is 2.51. The predicted molar refractivity (Wildman–Crippen MR) is 69.5 cm³/mol. The summed E-state index contributed by atoms with van der Waals surface area (Å²) in [5.41, 5.74) is -2.18. The van der Waals surface area contributed by atoms with Crippen LogP contribution in [0.4, 0.5) is 0 Å². The number of carboxylic acid groups (broad SMARTS) is 2. The molecule has 1 rings (SSSR count). The molecule has 0 aliphatic carbocycles. The summed E-state index contributed by atoms with van der Waals surface area (Å²) in [6, 6.07) is 0. The van der Waals surface area contributed by atoms with Crippen molar-refractivity contribution >= 4 is 19.5 Å². The van der Waals surface area contributed by atoms with Crippen LogP contribution in [0.3, 0.4) is 0 Å². The van der Waals surface area contributed by atoms with Crippen molar-refractivity contribution in [3.8, 4) is 0 Å². The van der Waals surface area contributed by atoms with Crippen molar-refractivity contribution in [3.63, 3.8) is 0 Å². The summed E-state index contributed by atoms with van der Waals surface area (Å²) >= 11 is 0. The zero-order valence-corrected chi connectivity index (χ0v) is 11.9. The van der Waals surface area contributed by atoms with Crippen molar-refractivity contribution in [3.05, 3.63) is 0 Å². The van der Waals surface area contributed by atoms with Gasteiger partial charge in [-0.2, -0.15) is 0 Å². The second-order valence-electron chi connectivity index (χ2n) is 5.01. The molecular formula is C11H20NO7P. The zero-order chi connectivity index (χ0) is 15.3. The molecule has 1 fully saturated rings. The highest BCUT2D eigenvalue weighted by Gasteiger charge is 2.45. The van der Waals surface area contributed by atoms with Crippen molar-refractivity contribution < 1.29 is 34.2 Å². The Kier molecular flexibility index (Phi) is 6.13. The molecule has 1 aliphatic heterocycles. The lowest BCUT2D eigenvalue weighted by molar-refractivity contribution is -0.148. The highest BCUT2D eigenvalue weighted by Crippen LogP contribution is 2.46. The van der Waals surface area contributed by atoms with Gasteiger partial charge in [-0.05, 0) is 45.3 Å². The maximum Gasteiger partial charge on any atom is 0.340 e. The summed E-state index contributed by atoms with van der Waals surface area (Å²) < 4.78 is 11.2. The normalized spacial score (nSPS) is 19.7. The van der Waals surface area contributed by atoms with E-state index in [1.807, 2.05) is 0 Å². The third-order valence-corrected chi connectivity index (χ3v) is 4.81. The first-order valence-electron chi connectivity index (χ1n) is 6.46. The molecule has 8 nitrogen and oxygen atoms in total. The van der Waals surface area contributed by atoms with Gasteiger partial charge in [-0.3, -0.25) is 14.2 Å². The van der Waals surface area contributed by atoms with E-state index in [4.69, 9.17) is 20.0 Å². The standard InChI is InChI=1S/C11H20NO7P/c13-10(14)8(9(11(15)16)20(17,18)19)4-3-7-12-5-1-2-6-12/h8-9H,1-7H2,(H,13,14)(H,15,16)(H2,17,18,19). The van der Waals surface area contributed by atoms with Crippen LogP contribution in [0.5, 0.6) is 0 Å². The molecule has 0 radical (unpaired) electrons. The van der Waals surface area contributed by atoms with Crippen molar-refractivity contribution in [2.45, 2.75) is 31.3 Å². The summed E-state index contributed by atoms with van der Waals surface area (Å²) in [7, 11) is -5.00. The van der Waals surface area contributed by atoms with E-state index in [2.05, 4.69) is 4.90 Å². The minimum Gasteiger partial charge on any atom is -0.481 e. The second-order valence-corrected chi connectivity index (χ2v) is 6.74. The summed E-state index contributed by atoms with van der Waals surface area (Å²) in [6.45, 7) is 2.48. The van der Waals surface area contributed by atoms with Gasteiger partial charge in [0.15, 0.2) is 5.66 Å². The van der Waals surface area contributed by atoms with E-state index < -0.39 is 31.1 Å². The Hall–Kier alpha value is -0.950. The lowest BCUT2D eigenvalue weighted by atomic mass is 9.99. The van der Waals surface area contributed by atoms with E-state index >= 15 is 0 Å². The van der Waals surface area contributed by atoms with Gasteiger partial charge >= 0.3 is 19.5 Å². The molecule has 1 heterocycles. The van der Waals surface area contributed by atoms with Crippen molar-refractivity contribution in [2.75, 3.05) is 19.6 Å². The molecule has 0 aromatic carbocycles. The molecule has 116 valence electrons. The van der Waals surface area contributed by atoms with E-state index in [0.29, 0.717) is 13.0 Å². The van der Waals surface area contributed by atoms with Crippen LogP contribution in [0.2, 0.25) is 0 Å². The average molecular weight is 309 g/mol. The molecule has 0 spiro atoms. The first-order chi connectivity index (χ1) is 9.23. The summed E-state index contributed by atoms with van der Waals surface area (Å²) in [5.74, 6) is -4.83. The maximum atomic E-state index is 11.2. The number of aliphatic carboxylic acids is 2. The molecule has 0 saturated carbocycles. The van der Waals surface area contributed by atoms with Crippen LogP contribution in [0.15, 0.2) is 0 Å². The number of rotatable bonds is 8. The van der Waals surface area contributed by atoms with Gasteiger partial charge in [0.1, 0.15) is 0 Å². The average Bonchev–Trinajstić information content (AvgIpc) is 2.77. The summed E-state index contributed by atoms with van der Waals surface area (Å²) in [5, 5.41) is 17.9. The molecule has 2 atom stereocenters. The van der Waals surface area contributed by atoms with Crippen LogP contribution in [0.25, 0.3) is 0 Å². The van der Waals surface area contributed by atoms with Crippen molar-refractivity contribution in [1.82, 2.24) is 4.90 Å². The number of hydrogen-bond donors (Lipinski definition) is 4. The monoisotopic (exact) mass is 309 g/mol. The van der Waals surface area contributed by atoms with Crippen molar-refractivity contribution in [2.24, 2.45) is 5.92 Å². The fourth-order valence-corrected chi connectivity index (χ4v) is 3.54. The number of carboxylic acids is 2. The molecule has 0 aromatic heterocycles. The van der Waals surface area contributed by atoms with E-state index in [9.17, 15) is 14.2 Å². The Labute approximate surface area is 116 Å². The topological polar surface area (TPSA) is 135 Å². The third-order valence-electron chi connectivity index (χ3n) is 3.50. The molecule has 1 aliphatic rings. The van der Waals surface area contributed by atoms with Crippen LogP contribution in [0.1, 0.15) is 25.7 Å². The van der Waals surface area contributed by atoms with Crippen LogP contribution in [-0.2, 0) is 14.2 Å². The lowest BCUT2D eigenvalue weighted by Gasteiger charge is -2.22. The molecule has 0 bridgehead atoms. The Morgan fingerprint density at radius 2 is 1.65 bits per heavy atom. The van der Waals surface area contributed by atoms with Gasteiger partial charge in [-0.15, -0.1) is 0 Å². The largest absolute Gasteiger partial charge is 0.481 e. The predicted octanol–water partition coefficient (Wildman–Crippen LogP) is 0.194. The van der Waals surface area contributed by atoms with Crippen molar-refractivity contribution in [1.29, 1.82) is 0 Å². The fraction of sp³-hybridized carbons (Fsp3) is 0.818. The highest BCUT2D eigenvalue weighted by atomic mass is 31.2. The van der Waals surface area contributed by atoms with Gasteiger partial charge in [0.25, 0.3) is 0 Å². The molecule has 20 heavy (non-hydrogen) atoms. The molecule has 0 aromatic rings. The number of carbonyl (C=O) groups is 2. The van der Waals surface area contributed by atoms with Gasteiger partial charge in [0.05, 0.1) is 5.92 Å². The molecule has 4 N–H and O–H groups in total. The Bertz CT molecular complexity index is 402. The summed E-state index contributed by atoms with van der Waals surface area (Å²) in [4.78, 5) is 42.2. The number of likely N-dealkylation sites (tertiary alicyclic amines) is 1. The first kappa shape index (κ1) is 17.1. The van der Waals surface area contributed by atoms with Gasteiger partial charge in [0, 0.05) is 0 Å². The lowest BCUT2D eigenvalue weighted by Crippen LogP contribution is -2.35. The molecule has 0 amide bonds. The van der Waals surface area contributed by atoms with E-state index in [1.165, 1.54) is 0 Å². The minimum atomic E-state index is -5.00. The number of nitrogens with zero attached hydrogens (tertiary/aromatic N) is 1. The Morgan fingerprint density at radius 1 is 1.10 bits per heavy atom. The van der Waals surface area contributed by atoms with E-state index in [1.54, 1.807) is 0 Å². The molecule has 9 heteroatoms. The highest BCUT2D eigenvalue weighted by molar-refractivity contribution is 7.53. The minimum absolute atomic E-state index is 0.0616. The number of hydrogen-bond acceptors (Lipinski definition) is 4. The SMILES string of the molecule is O=C(O)C(CCCN1CCCC1)C(C(=O)O)P(=O)(O)O. The van der Waals surface area contributed by atoms with Gasteiger partial charge in [-0.1, -0.05) is 0 Å². The third kappa shape index (κ3) is 4.86. The first-order valence-corrected chi connectivity index (χ1v) is 8.15. The second kappa shape index (κ2) is 7.17. The Balaban J connectivity index is 2.64. The van der Waals surface area contributed by atoms with Crippen LogP contribution >= 0.6 is 7.60 Å². The molecule has 1 saturated heterocycles. The smallest absolute Gasteiger partial charge is 0.340 e. The van der Waals surface area contributed by atoms with Gasteiger partial charge in [-0.25, -0.2) is 0 Å². The van der Waals surface area contributed by atoms with Crippen LogP contribution < -0.4 is 0 Å². The quantitative estimate of drug-likeness (QED) is 0.467. The maximum absolute atomic E-state index is 11.2. The zero-order valence-electron chi connectivity index (χ0n) is 11.0. The van der Waals surface area contributed by atoms with Gasteiger partial charge < -0.3 is 24.9 Å². The summed E-state index contributed by atoms with van der Waals surface area (Å²) in [6.07, 6.45) is 2.51. The van der Waals surface area contributed by atoms with E-state index in [-0.39, 0.29) is 6.42 Å². The van der Waals surface area contributed by atoms with Gasteiger partial charge in [0.2, 0.25) is 0 Å². The Morgan fingerprint density at radius 3 is 2.05 bits per heavy atom. The van der Waals surface area contributed by atoms with Crippen LogP contribution in [0, 0.1) is 5.92 Å². The molecular weight excluding hydrogens is 289 g/mol.